The van der Waals surface area contributed by atoms with E-state index in [9.17, 15) is 8.42 Å². The van der Waals surface area contributed by atoms with Gasteiger partial charge in [-0.1, -0.05) is 30.3 Å². The van der Waals surface area contributed by atoms with Crippen LogP contribution < -0.4 is 5.32 Å². The van der Waals surface area contributed by atoms with Crippen LogP contribution in [0, 0.1) is 0 Å². The topological polar surface area (TPSA) is 85.1 Å². The lowest BCUT2D eigenvalue weighted by Gasteiger charge is -2.11. The summed E-state index contributed by atoms with van der Waals surface area (Å²) in [5, 5.41) is 11.4. The van der Waals surface area contributed by atoms with Crippen molar-refractivity contribution >= 4 is 15.5 Å². The summed E-state index contributed by atoms with van der Waals surface area (Å²) in [6.07, 6.45) is 1.22. The molecule has 1 unspecified atom stereocenters. The van der Waals surface area contributed by atoms with Crippen molar-refractivity contribution in [2.75, 3.05) is 11.6 Å². The molecule has 0 aliphatic carbocycles. The molecule has 0 fully saturated rings. The highest BCUT2D eigenvalue weighted by Gasteiger charge is 2.15. The van der Waals surface area contributed by atoms with Crippen molar-refractivity contribution in [3.63, 3.8) is 0 Å². The van der Waals surface area contributed by atoms with Gasteiger partial charge in [0.05, 0.1) is 5.75 Å². The van der Waals surface area contributed by atoms with Gasteiger partial charge in [0.1, 0.15) is 6.04 Å². The summed E-state index contributed by atoms with van der Waals surface area (Å²) < 4.78 is 28.4. The summed E-state index contributed by atoms with van der Waals surface area (Å²) in [6.45, 7) is 1.92. The van der Waals surface area contributed by atoms with Crippen LogP contribution in [-0.2, 0) is 15.6 Å². The Morgan fingerprint density at radius 1 is 1.04 bits per heavy atom. The molecule has 0 saturated heterocycles. The van der Waals surface area contributed by atoms with Crippen LogP contribution in [0.1, 0.15) is 24.4 Å². The molecule has 1 aromatic heterocycles. The summed E-state index contributed by atoms with van der Waals surface area (Å²) in [5.41, 5.74) is 2.48. The summed E-state index contributed by atoms with van der Waals surface area (Å²) in [4.78, 5) is 0. The van der Waals surface area contributed by atoms with Gasteiger partial charge in [-0.15, -0.1) is 10.2 Å². The number of hydrogen-bond acceptors (Lipinski definition) is 6. The Hall–Kier alpha value is -2.67. The van der Waals surface area contributed by atoms with Gasteiger partial charge in [-0.05, 0) is 36.8 Å². The molecule has 6 nitrogen and oxygen atoms in total. The molecule has 0 spiro atoms. The van der Waals surface area contributed by atoms with Gasteiger partial charge in [-0.2, -0.15) is 0 Å². The van der Waals surface area contributed by atoms with Crippen LogP contribution in [0.4, 0.5) is 5.69 Å². The van der Waals surface area contributed by atoms with Crippen molar-refractivity contribution in [1.82, 2.24) is 10.2 Å². The highest BCUT2D eigenvalue weighted by atomic mass is 32.2. The number of benzene rings is 2. The van der Waals surface area contributed by atoms with Crippen molar-refractivity contribution in [2.24, 2.45) is 0 Å². The van der Waals surface area contributed by atoms with E-state index in [2.05, 4.69) is 15.5 Å². The van der Waals surface area contributed by atoms with Crippen LogP contribution in [0.2, 0.25) is 0 Å². The van der Waals surface area contributed by atoms with Crippen molar-refractivity contribution in [3.05, 3.63) is 66.1 Å². The van der Waals surface area contributed by atoms with Crippen LogP contribution in [0.5, 0.6) is 0 Å². The number of rotatable bonds is 6. The average molecular weight is 357 g/mol. The van der Waals surface area contributed by atoms with Gasteiger partial charge in [-0.25, -0.2) is 8.42 Å². The lowest BCUT2D eigenvalue weighted by Crippen LogP contribution is -2.07. The van der Waals surface area contributed by atoms with Gasteiger partial charge >= 0.3 is 0 Å². The van der Waals surface area contributed by atoms with Crippen LogP contribution in [0.3, 0.4) is 0 Å². The van der Waals surface area contributed by atoms with Crippen molar-refractivity contribution < 1.29 is 12.8 Å². The third-order valence-corrected chi connectivity index (χ3v) is 4.46. The van der Waals surface area contributed by atoms with Crippen LogP contribution >= 0.6 is 0 Å². The Morgan fingerprint density at radius 3 is 2.36 bits per heavy atom. The van der Waals surface area contributed by atoms with Gasteiger partial charge < -0.3 is 9.73 Å². The fraction of sp³-hybridized carbons (Fsp3) is 0.222. The SMILES string of the molecule is CC(Nc1ccc(CS(C)(=O)=O)cc1)c1nnc(-c2ccccc2)o1. The maximum absolute atomic E-state index is 11.3. The average Bonchev–Trinajstić information content (AvgIpc) is 3.06. The van der Waals surface area contributed by atoms with Crippen molar-refractivity contribution in [2.45, 2.75) is 18.7 Å². The predicted octanol–water partition coefficient (Wildman–Crippen LogP) is 3.45. The van der Waals surface area contributed by atoms with E-state index in [1.54, 1.807) is 12.1 Å². The first-order chi connectivity index (χ1) is 11.9. The van der Waals surface area contributed by atoms with E-state index in [0.717, 1.165) is 16.8 Å². The molecule has 2 aromatic carbocycles. The summed E-state index contributed by atoms with van der Waals surface area (Å²) >= 11 is 0. The molecule has 0 radical (unpaired) electrons. The number of nitrogens with one attached hydrogen (secondary N) is 1. The normalized spacial score (nSPS) is 12.7. The summed E-state index contributed by atoms with van der Waals surface area (Å²) in [5.74, 6) is 0.999. The van der Waals surface area contributed by atoms with E-state index in [4.69, 9.17) is 4.42 Å². The van der Waals surface area contributed by atoms with Gasteiger partial charge in [-0.3, -0.25) is 0 Å². The second kappa shape index (κ2) is 7.06. The molecular weight excluding hydrogens is 338 g/mol. The second-order valence-corrected chi connectivity index (χ2v) is 8.08. The smallest absolute Gasteiger partial charge is 0.247 e. The molecule has 1 N–H and O–H groups in total. The number of anilines is 1. The number of aromatic nitrogens is 2. The molecule has 25 heavy (non-hydrogen) atoms. The number of sulfone groups is 1. The quantitative estimate of drug-likeness (QED) is 0.727. The molecule has 0 aliphatic heterocycles. The Balaban J connectivity index is 1.68. The van der Waals surface area contributed by atoms with Crippen molar-refractivity contribution in [1.29, 1.82) is 0 Å². The highest BCUT2D eigenvalue weighted by molar-refractivity contribution is 7.89. The maximum Gasteiger partial charge on any atom is 0.247 e. The van der Waals surface area contributed by atoms with Crippen molar-refractivity contribution in [3.8, 4) is 11.5 Å². The summed E-state index contributed by atoms with van der Waals surface area (Å²) in [7, 11) is -3.03. The van der Waals surface area contributed by atoms with Crippen LogP contribution in [0.15, 0.2) is 59.0 Å². The Morgan fingerprint density at radius 2 is 1.72 bits per heavy atom. The second-order valence-electron chi connectivity index (χ2n) is 5.94. The molecule has 0 saturated carbocycles. The summed E-state index contributed by atoms with van der Waals surface area (Å²) in [6, 6.07) is 16.7. The third kappa shape index (κ3) is 4.67. The van der Waals surface area contributed by atoms with E-state index >= 15 is 0 Å². The molecule has 7 heteroatoms. The molecule has 3 aromatic rings. The van der Waals surface area contributed by atoms with E-state index in [-0.39, 0.29) is 11.8 Å². The molecule has 0 bridgehead atoms. The first-order valence-corrected chi connectivity index (χ1v) is 9.89. The van der Waals surface area contributed by atoms with E-state index in [1.165, 1.54) is 6.26 Å². The zero-order chi connectivity index (χ0) is 17.9. The number of hydrogen-bond donors (Lipinski definition) is 1. The van der Waals surface area contributed by atoms with E-state index in [0.29, 0.717) is 11.8 Å². The minimum atomic E-state index is -3.03. The van der Waals surface area contributed by atoms with E-state index < -0.39 is 9.84 Å². The Bertz CT molecular complexity index is 935. The molecule has 0 aliphatic rings. The minimum Gasteiger partial charge on any atom is -0.418 e. The molecule has 1 atom stereocenters. The zero-order valence-electron chi connectivity index (χ0n) is 14.0. The fourth-order valence-electron chi connectivity index (χ4n) is 2.42. The largest absolute Gasteiger partial charge is 0.418 e. The van der Waals surface area contributed by atoms with Crippen LogP contribution in [0.25, 0.3) is 11.5 Å². The third-order valence-electron chi connectivity index (χ3n) is 3.60. The molecular formula is C18H19N3O3S. The van der Waals surface area contributed by atoms with E-state index in [1.807, 2.05) is 49.4 Å². The standard InChI is InChI=1S/C18H19N3O3S/c1-13(17-20-21-18(24-17)15-6-4-3-5-7-15)19-16-10-8-14(9-11-16)12-25(2,22)23/h3-11,13,19H,12H2,1-2H3. The zero-order valence-corrected chi connectivity index (χ0v) is 14.8. The first-order valence-electron chi connectivity index (χ1n) is 7.83. The molecule has 130 valence electrons. The minimum absolute atomic E-state index is 0.0347. The van der Waals surface area contributed by atoms with Gasteiger partial charge in [0.15, 0.2) is 9.84 Å². The van der Waals surface area contributed by atoms with Gasteiger partial charge in [0, 0.05) is 17.5 Å². The van der Waals surface area contributed by atoms with Gasteiger partial charge in [0.25, 0.3) is 0 Å². The lowest BCUT2D eigenvalue weighted by molar-refractivity contribution is 0.485. The molecule has 3 rings (SSSR count). The molecule has 0 amide bonds. The van der Waals surface area contributed by atoms with Gasteiger partial charge in [0.2, 0.25) is 11.8 Å². The first kappa shape index (κ1) is 17.2. The van der Waals surface area contributed by atoms with Crippen LogP contribution in [-0.4, -0.2) is 24.9 Å². The monoisotopic (exact) mass is 357 g/mol. The lowest BCUT2D eigenvalue weighted by atomic mass is 10.2. The Labute approximate surface area is 146 Å². The predicted molar refractivity (Wildman–Crippen MR) is 96.8 cm³/mol. The fourth-order valence-corrected chi connectivity index (χ4v) is 3.22. The number of nitrogens with zero attached hydrogens (tertiary/aromatic N) is 2. The maximum atomic E-state index is 11.3. The Kier molecular flexibility index (Phi) is 4.85. The highest BCUT2D eigenvalue weighted by Crippen LogP contribution is 2.23. The molecule has 1 heterocycles.